The summed E-state index contributed by atoms with van der Waals surface area (Å²) in [5.41, 5.74) is -1.46. The third-order valence-electron chi connectivity index (χ3n) is 4.52. The fraction of sp³-hybridized carbons (Fsp3) is 0.600. The predicted octanol–water partition coefficient (Wildman–Crippen LogP) is 4.38. The molecule has 8 heteroatoms. The van der Waals surface area contributed by atoms with Crippen LogP contribution in [0.1, 0.15) is 57.6 Å². The topological polar surface area (TPSA) is 62.1 Å². The van der Waals surface area contributed by atoms with E-state index in [9.17, 15) is 23.1 Å². The van der Waals surface area contributed by atoms with E-state index in [1.807, 2.05) is 46.8 Å². The number of hydrazone groups is 1. The van der Waals surface area contributed by atoms with Gasteiger partial charge in [0.1, 0.15) is 5.75 Å². The summed E-state index contributed by atoms with van der Waals surface area (Å²) in [5, 5.41) is 14.2. The second kappa shape index (κ2) is 8.11. The molecule has 1 aliphatic rings. The van der Waals surface area contributed by atoms with E-state index >= 15 is 0 Å². The predicted molar refractivity (Wildman–Crippen MR) is 100 cm³/mol. The highest BCUT2D eigenvalue weighted by Crippen LogP contribution is 2.41. The van der Waals surface area contributed by atoms with Gasteiger partial charge in [-0.15, -0.1) is 0 Å². The molecule has 1 amide bonds. The standard InChI is InChI=1S/C20H27F3N2O3/c1-12(2)8-15-10-19(27,20(21,22)23)25(24-15)18(26)11-28-17-9-14(5)6-7-16(17)13(3)4/h6-7,9,12-13,27H,8,10-11H2,1-5H3. The van der Waals surface area contributed by atoms with E-state index < -0.39 is 30.8 Å². The Labute approximate surface area is 163 Å². The molecule has 0 spiro atoms. The van der Waals surface area contributed by atoms with Gasteiger partial charge < -0.3 is 9.84 Å². The number of amides is 1. The summed E-state index contributed by atoms with van der Waals surface area (Å²) in [6, 6.07) is 5.49. The molecule has 1 unspecified atom stereocenters. The fourth-order valence-corrected chi connectivity index (χ4v) is 3.13. The number of hydrogen-bond acceptors (Lipinski definition) is 4. The van der Waals surface area contributed by atoms with Gasteiger partial charge in [-0.2, -0.15) is 23.3 Å². The Bertz CT molecular complexity index is 760. The van der Waals surface area contributed by atoms with Crippen LogP contribution in [0.2, 0.25) is 0 Å². The molecule has 156 valence electrons. The lowest BCUT2D eigenvalue weighted by atomic mass is 9.99. The maximum Gasteiger partial charge on any atom is 0.438 e. The number of rotatable bonds is 6. The lowest BCUT2D eigenvalue weighted by molar-refractivity contribution is -0.302. The number of aliphatic hydroxyl groups is 1. The second-order valence-corrected chi connectivity index (χ2v) is 7.95. The number of carbonyl (C=O) groups excluding carboxylic acids is 1. The van der Waals surface area contributed by atoms with Gasteiger partial charge in [0.2, 0.25) is 0 Å². The second-order valence-electron chi connectivity index (χ2n) is 7.95. The van der Waals surface area contributed by atoms with Crippen molar-refractivity contribution in [3.63, 3.8) is 0 Å². The number of aryl methyl sites for hydroxylation is 1. The van der Waals surface area contributed by atoms with E-state index in [-0.39, 0.29) is 29.0 Å². The highest BCUT2D eigenvalue weighted by atomic mass is 19.4. The molecule has 1 heterocycles. The summed E-state index contributed by atoms with van der Waals surface area (Å²) >= 11 is 0. The molecule has 0 bridgehead atoms. The van der Waals surface area contributed by atoms with Crippen molar-refractivity contribution in [1.82, 2.24) is 5.01 Å². The first kappa shape index (κ1) is 22.2. The van der Waals surface area contributed by atoms with Crippen molar-refractivity contribution in [3.8, 4) is 5.75 Å². The fourth-order valence-electron chi connectivity index (χ4n) is 3.13. The summed E-state index contributed by atoms with van der Waals surface area (Å²) in [6.07, 6.45) is -5.52. The molecular weight excluding hydrogens is 373 g/mol. The minimum atomic E-state index is -5.03. The van der Waals surface area contributed by atoms with Crippen LogP contribution in [-0.4, -0.2) is 40.2 Å². The van der Waals surface area contributed by atoms with Crippen LogP contribution in [-0.2, 0) is 4.79 Å². The van der Waals surface area contributed by atoms with Crippen LogP contribution in [0.3, 0.4) is 0 Å². The molecule has 1 N–H and O–H groups in total. The summed E-state index contributed by atoms with van der Waals surface area (Å²) in [7, 11) is 0. The van der Waals surface area contributed by atoms with E-state index in [0.29, 0.717) is 5.75 Å². The van der Waals surface area contributed by atoms with E-state index in [0.717, 1.165) is 11.1 Å². The van der Waals surface area contributed by atoms with Gasteiger partial charge >= 0.3 is 6.18 Å². The minimum absolute atomic E-state index is 0.0448. The molecule has 2 rings (SSSR count). The first-order chi connectivity index (χ1) is 12.8. The van der Waals surface area contributed by atoms with Crippen LogP contribution < -0.4 is 4.74 Å². The third-order valence-corrected chi connectivity index (χ3v) is 4.52. The molecule has 5 nitrogen and oxygen atoms in total. The Morgan fingerprint density at radius 2 is 1.96 bits per heavy atom. The van der Waals surface area contributed by atoms with Gasteiger partial charge in [0, 0.05) is 12.1 Å². The number of carbonyl (C=O) groups is 1. The molecule has 28 heavy (non-hydrogen) atoms. The Kier molecular flexibility index (Phi) is 6.43. The molecule has 1 aromatic carbocycles. The van der Waals surface area contributed by atoms with Gasteiger partial charge in [-0.25, -0.2) is 0 Å². The molecule has 1 aromatic rings. The first-order valence-electron chi connectivity index (χ1n) is 9.27. The van der Waals surface area contributed by atoms with Crippen LogP contribution in [0.5, 0.6) is 5.75 Å². The van der Waals surface area contributed by atoms with Gasteiger partial charge in [-0.1, -0.05) is 39.8 Å². The Hall–Kier alpha value is -2.09. The van der Waals surface area contributed by atoms with Crippen molar-refractivity contribution < 1.29 is 27.8 Å². The van der Waals surface area contributed by atoms with Crippen LogP contribution in [0.15, 0.2) is 23.3 Å². The lowest BCUT2D eigenvalue weighted by Gasteiger charge is -2.32. The van der Waals surface area contributed by atoms with Crippen LogP contribution in [0.25, 0.3) is 0 Å². The van der Waals surface area contributed by atoms with E-state index in [2.05, 4.69) is 5.10 Å². The van der Waals surface area contributed by atoms with Gasteiger partial charge in [0.05, 0.1) is 0 Å². The molecular formula is C20H27F3N2O3. The molecule has 0 saturated heterocycles. The maximum atomic E-state index is 13.5. The monoisotopic (exact) mass is 400 g/mol. The van der Waals surface area contributed by atoms with Crippen molar-refractivity contribution >= 4 is 11.6 Å². The molecule has 0 aromatic heterocycles. The van der Waals surface area contributed by atoms with Gasteiger partial charge in [0.25, 0.3) is 11.6 Å². The molecule has 0 saturated carbocycles. The average molecular weight is 400 g/mol. The summed E-state index contributed by atoms with van der Waals surface area (Å²) in [4.78, 5) is 12.5. The maximum absolute atomic E-state index is 13.5. The zero-order chi connectivity index (χ0) is 21.3. The summed E-state index contributed by atoms with van der Waals surface area (Å²) in [6.45, 7) is 8.75. The smallest absolute Gasteiger partial charge is 0.438 e. The Morgan fingerprint density at radius 3 is 2.50 bits per heavy atom. The summed E-state index contributed by atoms with van der Waals surface area (Å²) in [5.74, 6) is -0.456. The van der Waals surface area contributed by atoms with Crippen molar-refractivity contribution in [2.24, 2.45) is 11.0 Å². The highest BCUT2D eigenvalue weighted by molar-refractivity contribution is 5.91. The molecule has 0 aliphatic carbocycles. The van der Waals surface area contributed by atoms with E-state index in [4.69, 9.17) is 4.74 Å². The van der Waals surface area contributed by atoms with E-state index in [1.54, 1.807) is 6.07 Å². The van der Waals surface area contributed by atoms with E-state index in [1.165, 1.54) is 0 Å². The number of halogens is 3. The molecule has 0 radical (unpaired) electrons. The first-order valence-corrected chi connectivity index (χ1v) is 9.27. The number of ether oxygens (including phenoxy) is 1. The van der Waals surface area contributed by atoms with Crippen LogP contribution >= 0.6 is 0 Å². The zero-order valence-electron chi connectivity index (χ0n) is 16.8. The Balaban J connectivity index is 2.23. The largest absolute Gasteiger partial charge is 0.483 e. The Morgan fingerprint density at radius 1 is 1.32 bits per heavy atom. The number of benzene rings is 1. The van der Waals surface area contributed by atoms with Crippen molar-refractivity contribution in [1.29, 1.82) is 0 Å². The van der Waals surface area contributed by atoms with Crippen LogP contribution in [0, 0.1) is 12.8 Å². The van der Waals surface area contributed by atoms with Gasteiger partial charge in [-0.3, -0.25) is 4.79 Å². The molecule has 1 atom stereocenters. The van der Waals surface area contributed by atoms with Gasteiger partial charge in [0.15, 0.2) is 6.61 Å². The van der Waals surface area contributed by atoms with Crippen LogP contribution in [0.4, 0.5) is 13.2 Å². The third kappa shape index (κ3) is 4.66. The number of hydrogen-bond donors (Lipinski definition) is 1. The minimum Gasteiger partial charge on any atom is -0.483 e. The highest BCUT2D eigenvalue weighted by Gasteiger charge is 2.63. The quantitative estimate of drug-likeness (QED) is 0.771. The SMILES string of the molecule is Cc1ccc(C(C)C)c(OCC(=O)N2N=C(CC(C)C)CC2(O)C(F)(F)F)c1. The average Bonchev–Trinajstić information content (AvgIpc) is 2.89. The van der Waals surface area contributed by atoms with Crippen molar-refractivity contribution in [2.45, 2.75) is 65.3 Å². The summed E-state index contributed by atoms with van der Waals surface area (Å²) < 4.78 is 46.0. The van der Waals surface area contributed by atoms with Crippen molar-refractivity contribution in [3.05, 3.63) is 29.3 Å². The zero-order valence-corrected chi connectivity index (χ0v) is 16.8. The van der Waals surface area contributed by atoms with Crippen molar-refractivity contribution in [2.75, 3.05) is 6.61 Å². The molecule has 0 fully saturated rings. The van der Waals surface area contributed by atoms with Gasteiger partial charge in [-0.05, 0) is 42.4 Å². The number of alkyl halides is 3. The number of nitrogens with zero attached hydrogens (tertiary/aromatic N) is 2. The normalized spacial score (nSPS) is 20.1. The molecule has 1 aliphatic heterocycles. The lowest BCUT2D eigenvalue weighted by Crippen LogP contribution is -2.57.